The fourth-order valence-corrected chi connectivity index (χ4v) is 5.67. The molecule has 0 bridgehead atoms. The lowest BCUT2D eigenvalue weighted by Crippen LogP contribution is -2.54. The van der Waals surface area contributed by atoms with E-state index in [4.69, 9.17) is 32.7 Å². The van der Waals surface area contributed by atoms with Crippen molar-refractivity contribution in [2.24, 2.45) is 0 Å². The summed E-state index contributed by atoms with van der Waals surface area (Å²) in [6.07, 6.45) is -12.0. The van der Waals surface area contributed by atoms with Crippen LogP contribution in [0.4, 0.5) is 26.3 Å². The van der Waals surface area contributed by atoms with Crippen LogP contribution in [0.1, 0.15) is 66.7 Å². The molecule has 0 aliphatic rings. The smallest absolute Gasteiger partial charge is 0.411 e. The SMILES string of the molecule is CCC(C)(Cl)c1cccc(Oc2ccc(C(c3ccc(OC(C)c4cccc(Cl)c4C#N)cc3)(C(F)(F)F)C(F)(F)F)cc2)c1C#N. The van der Waals surface area contributed by atoms with Gasteiger partial charge in [0.1, 0.15) is 35.5 Å². The summed E-state index contributed by atoms with van der Waals surface area (Å²) in [6, 6.07) is 20.1. The Morgan fingerprint density at radius 3 is 1.74 bits per heavy atom. The van der Waals surface area contributed by atoms with Gasteiger partial charge in [0, 0.05) is 5.56 Å². The zero-order valence-corrected chi connectivity index (χ0v) is 26.6. The van der Waals surface area contributed by atoms with Gasteiger partial charge in [-0.05, 0) is 73.4 Å². The number of ether oxygens (including phenoxy) is 2. The van der Waals surface area contributed by atoms with Crippen molar-refractivity contribution < 1.29 is 35.8 Å². The second-order valence-corrected chi connectivity index (χ2v) is 12.1. The molecule has 2 atom stereocenters. The highest BCUT2D eigenvalue weighted by Crippen LogP contribution is 2.56. The second kappa shape index (κ2) is 13.4. The summed E-state index contributed by atoms with van der Waals surface area (Å²) >= 11 is 12.6. The van der Waals surface area contributed by atoms with Crippen LogP contribution in [0.25, 0.3) is 0 Å². The molecule has 0 N–H and O–H groups in total. The fraction of sp³-hybridized carbons (Fsp3) is 0.257. The zero-order chi connectivity index (χ0) is 34.8. The molecule has 0 aliphatic heterocycles. The van der Waals surface area contributed by atoms with Crippen LogP contribution in [0.2, 0.25) is 5.02 Å². The van der Waals surface area contributed by atoms with Crippen molar-refractivity contribution >= 4 is 23.2 Å². The Labute approximate surface area is 277 Å². The quantitative estimate of drug-likeness (QED) is 0.129. The van der Waals surface area contributed by atoms with E-state index in [0.717, 1.165) is 24.3 Å². The average Bonchev–Trinajstić information content (AvgIpc) is 3.01. The third kappa shape index (κ3) is 6.72. The Hall–Kier alpha value is -4.38. The molecule has 4 nitrogen and oxygen atoms in total. The number of nitrogens with zero attached hydrogens (tertiary/aromatic N) is 2. The first kappa shape index (κ1) is 35.5. The minimum absolute atomic E-state index is 0.0289. The van der Waals surface area contributed by atoms with E-state index >= 15 is 0 Å². The molecule has 0 spiro atoms. The average molecular weight is 691 g/mol. The van der Waals surface area contributed by atoms with Crippen LogP contribution in [-0.4, -0.2) is 12.4 Å². The molecular formula is C35H26Cl2F6N2O2. The van der Waals surface area contributed by atoms with Gasteiger partial charge in [0.2, 0.25) is 5.41 Å². The number of halogens is 8. The third-order valence-corrected chi connectivity index (χ3v) is 8.71. The lowest BCUT2D eigenvalue weighted by Gasteiger charge is -2.38. The number of rotatable bonds is 9. The molecule has 0 fully saturated rings. The number of nitriles is 2. The first-order chi connectivity index (χ1) is 22.0. The van der Waals surface area contributed by atoms with E-state index in [2.05, 4.69) is 0 Å². The van der Waals surface area contributed by atoms with Gasteiger partial charge < -0.3 is 9.47 Å². The topological polar surface area (TPSA) is 66.0 Å². The van der Waals surface area contributed by atoms with Crippen LogP contribution in [0.3, 0.4) is 0 Å². The molecule has 0 saturated carbocycles. The molecule has 0 aliphatic carbocycles. The molecule has 0 radical (unpaired) electrons. The van der Waals surface area contributed by atoms with Crippen molar-refractivity contribution in [3.63, 3.8) is 0 Å². The van der Waals surface area contributed by atoms with Crippen LogP contribution in [0.15, 0.2) is 84.9 Å². The van der Waals surface area contributed by atoms with Crippen molar-refractivity contribution in [3.05, 3.63) is 123 Å². The van der Waals surface area contributed by atoms with Crippen molar-refractivity contribution in [3.8, 4) is 29.4 Å². The Kier molecular flexibility index (Phi) is 10.1. The van der Waals surface area contributed by atoms with Gasteiger partial charge in [0.25, 0.3) is 0 Å². The monoisotopic (exact) mass is 690 g/mol. The summed E-state index contributed by atoms with van der Waals surface area (Å²) in [5.41, 5.74) is -5.53. The van der Waals surface area contributed by atoms with E-state index in [9.17, 15) is 36.9 Å². The summed E-state index contributed by atoms with van der Waals surface area (Å²) < 4.78 is 100. The number of hydrogen-bond donors (Lipinski definition) is 0. The van der Waals surface area contributed by atoms with E-state index in [1.165, 1.54) is 12.1 Å². The largest absolute Gasteiger partial charge is 0.486 e. The summed E-state index contributed by atoms with van der Waals surface area (Å²) in [7, 11) is 0. The molecule has 4 aromatic rings. The van der Waals surface area contributed by atoms with E-state index in [-0.39, 0.29) is 33.4 Å². The van der Waals surface area contributed by atoms with Gasteiger partial charge in [-0.2, -0.15) is 36.9 Å². The molecule has 244 valence electrons. The first-order valence-corrected chi connectivity index (χ1v) is 14.9. The second-order valence-electron chi connectivity index (χ2n) is 10.8. The van der Waals surface area contributed by atoms with Crippen molar-refractivity contribution in [2.75, 3.05) is 0 Å². The lowest BCUT2D eigenvalue weighted by atomic mass is 9.73. The van der Waals surface area contributed by atoms with Gasteiger partial charge in [0.15, 0.2) is 0 Å². The highest BCUT2D eigenvalue weighted by Gasteiger charge is 2.72. The van der Waals surface area contributed by atoms with Crippen LogP contribution < -0.4 is 9.47 Å². The lowest BCUT2D eigenvalue weighted by molar-refractivity contribution is -0.288. The minimum atomic E-state index is -5.82. The van der Waals surface area contributed by atoms with Gasteiger partial charge >= 0.3 is 12.4 Å². The Morgan fingerprint density at radius 2 is 1.26 bits per heavy atom. The molecule has 0 saturated heterocycles. The van der Waals surface area contributed by atoms with Gasteiger partial charge in [-0.1, -0.05) is 67.1 Å². The predicted octanol–water partition coefficient (Wildman–Crippen LogP) is 11.3. The molecule has 0 aromatic heterocycles. The van der Waals surface area contributed by atoms with Gasteiger partial charge in [-0.15, -0.1) is 11.6 Å². The Balaban J connectivity index is 1.72. The summed E-state index contributed by atoms with van der Waals surface area (Å²) in [5.74, 6) is -0.0804. The maximum absolute atomic E-state index is 14.8. The number of benzene rings is 4. The van der Waals surface area contributed by atoms with E-state index in [1.54, 1.807) is 38.1 Å². The number of alkyl halides is 7. The maximum atomic E-state index is 14.8. The van der Waals surface area contributed by atoms with Crippen LogP contribution >= 0.6 is 23.2 Å². The maximum Gasteiger partial charge on any atom is 0.411 e. The van der Waals surface area contributed by atoms with Crippen molar-refractivity contribution in [1.82, 2.24) is 0 Å². The van der Waals surface area contributed by atoms with Crippen LogP contribution in [0, 0.1) is 22.7 Å². The highest BCUT2D eigenvalue weighted by atomic mass is 35.5. The van der Waals surface area contributed by atoms with E-state index < -0.39 is 39.9 Å². The standard InChI is InChI=1S/C35H26Cl2F6N2O2/c1-4-32(3,37)29-8-6-10-31(28(29)20-45)47-25-17-13-23(14-18-25)33(34(38,39)40,35(41,42)43)22-11-15-24(16-12-22)46-21(2)26-7-5-9-30(36)27(26)19-44/h5-18,21H,4H2,1-3H3. The Morgan fingerprint density at radius 1 is 0.745 bits per heavy atom. The van der Waals surface area contributed by atoms with Crippen molar-refractivity contribution in [1.29, 1.82) is 10.5 Å². The molecule has 0 amide bonds. The summed E-state index contributed by atoms with van der Waals surface area (Å²) in [5, 5.41) is 19.4. The predicted molar refractivity (Wildman–Crippen MR) is 166 cm³/mol. The molecule has 4 aromatic carbocycles. The van der Waals surface area contributed by atoms with Gasteiger partial charge in [-0.3, -0.25) is 0 Å². The van der Waals surface area contributed by atoms with Crippen LogP contribution in [-0.2, 0) is 10.3 Å². The van der Waals surface area contributed by atoms with E-state index in [0.29, 0.717) is 41.8 Å². The summed E-state index contributed by atoms with van der Waals surface area (Å²) in [4.78, 5) is -0.916. The molecule has 12 heteroatoms. The van der Waals surface area contributed by atoms with Crippen molar-refractivity contribution in [2.45, 2.75) is 55.9 Å². The van der Waals surface area contributed by atoms with Crippen LogP contribution in [0.5, 0.6) is 17.2 Å². The first-order valence-electron chi connectivity index (χ1n) is 14.1. The molecule has 4 rings (SSSR count). The minimum Gasteiger partial charge on any atom is -0.486 e. The van der Waals surface area contributed by atoms with E-state index in [1.807, 2.05) is 19.1 Å². The normalized spacial score (nSPS) is 14.0. The Bertz CT molecular complexity index is 1810. The molecule has 47 heavy (non-hydrogen) atoms. The van der Waals surface area contributed by atoms with Gasteiger partial charge in [-0.25, -0.2) is 0 Å². The fourth-order valence-electron chi connectivity index (χ4n) is 5.29. The molecular weight excluding hydrogens is 665 g/mol. The molecule has 0 heterocycles. The summed E-state index contributed by atoms with van der Waals surface area (Å²) in [6.45, 7) is 5.09. The zero-order valence-electron chi connectivity index (χ0n) is 25.1. The van der Waals surface area contributed by atoms with Gasteiger partial charge in [0.05, 0.1) is 21.0 Å². The highest BCUT2D eigenvalue weighted by molar-refractivity contribution is 6.31. The third-order valence-electron chi connectivity index (χ3n) is 7.92. The molecule has 2 unspecified atom stereocenters. The number of hydrogen-bond acceptors (Lipinski definition) is 4.